The molecule has 0 aliphatic carbocycles. The van der Waals surface area contributed by atoms with Crippen molar-refractivity contribution < 1.29 is 4.52 Å². The molecule has 0 amide bonds. The van der Waals surface area contributed by atoms with Gasteiger partial charge in [-0.1, -0.05) is 19.0 Å². The van der Waals surface area contributed by atoms with Crippen molar-refractivity contribution in [3.8, 4) is 0 Å². The number of aromatic nitrogens is 2. The van der Waals surface area contributed by atoms with E-state index in [1.165, 1.54) is 12.8 Å². The van der Waals surface area contributed by atoms with Crippen molar-refractivity contribution in [3.63, 3.8) is 0 Å². The summed E-state index contributed by atoms with van der Waals surface area (Å²) in [5.41, 5.74) is 0. The second kappa shape index (κ2) is 7.22. The molecule has 1 saturated heterocycles. The summed E-state index contributed by atoms with van der Waals surface area (Å²) in [5.74, 6) is 1.87. The number of halogens is 1. The van der Waals surface area contributed by atoms with Gasteiger partial charge in [-0.15, -0.1) is 12.4 Å². The monoisotopic (exact) mass is 288 g/mol. The Bertz CT molecular complexity index is 382. The van der Waals surface area contributed by atoms with Gasteiger partial charge in [0.1, 0.15) is 0 Å². The summed E-state index contributed by atoms with van der Waals surface area (Å²) < 4.78 is 5.39. The highest BCUT2D eigenvalue weighted by Crippen LogP contribution is 2.24. The zero-order valence-electron chi connectivity index (χ0n) is 12.2. The van der Waals surface area contributed by atoms with E-state index in [0.29, 0.717) is 12.0 Å². The average Bonchev–Trinajstić information content (AvgIpc) is 2.87. The molecule has 2 unspecified atom stereocenters. The Morgan fingerprint density at radius 1 is 1.37 bits per heavy atom. The Morgan fingerprint density at radius 2 is 2.11 bits per heavy atom. The third-order valence-corrected chi connectivity index (χ3v) is 3.74. The molecule has 0 spiro atoms. The first-order valence-electron chi connectivity index (χ1n) is 6.86. The first kappa shape index (κ1) is 16.4. The van der Waals surface area contributed by atoms with E-state index in [4.69, 9.17) is 4.52 Å². The SMILES string of the molecule is CNC1CCCN(C(C)c2nc(C(C)C)no2)C1.Cl. The molecule has 1 aliphatic heterocycles. The fraction of sp³-hybridized carbons (Fsp3) is 0.846. The van der Waals surface area contributed by atoms with Crippen LogP contribution in [-0.4, -0.2) is 41.2 Å². The number of nitrogens with one attached hydrogen (secondary N) is 1. The molecule has 0 bridgehead atoms. The molecule has 1 N–H and O–H groups in total. The first-order chi connectivity index (χ1) is 8.61. The molecule has 1 aromatic heterocycles. The van der Waals surface area contributed by atoms with Gasteiger partial charge < -0.3 is 9.84 Å². The quantitative estimate of drug-likeness (QED) is 0.922. The summed E-state index contributed by atoms with van der Waals surface area (Å²) in [4.78, 5) is 6.91. The van der Waals surface area contributed by atoms with Gasteiger partial charge in [0.05, 0.1) is 6.04 Å². The van der Waals surface area contributed by atoms with Crippen molar-refractivity contribution in [1.29, 1.82) is 0 Å². The van der Waals surface area contributed by atoms with Gasteiger partial charge in [0, 0.05) is 18.5 Å². The van der Waals surface area contributed by atoms with E-state index in [-0.39, 0.29) is 18.4 Å². The topological polar surface area (TPSA) is 54.2 Å². The van der Waals surface area contributed by atoms with E-state index in [9.17, 15) is 0 Å². The molecule has 1 fully saturated rings. The Kier molecular flexibility index (Phi) is 6.23. The largest absolute Gasteiger partial charge is 0.338 e. The lowest BCUT2D eigenvalue weighted by Gasteiger charge is -2.35. The number of piperidine rings is 1. The van der Waals surface area contributed by atoms with Crippen molar-refractivity contribution in [2.75, 3.05) is 20.1 Å². The molecular formula is C13H25ClN4O. The van der Waals surface area contributed by atoms with Crippen LogP contribution in [0.25, 0.3) is 0 Å². The maximum absolute atomic E-state index is 5.39. The third-order valence-electron chi connectivity index (χ3n) is 3.74. The van der Waals surface area contributed by atoms with Crippen LogP contribution in [0.1, 0.15) is 57.3 Å². The number of hydrogen-bond acceptors (Lipinski definition) is 5. The van der Waals surface area contributed by atoms with Gasteiger partial charge in [-0.05, 0) is 33.4 Å². The first-order valence-corrected chi connectivity index (χ1v) is 6.86. The van der Waals surface area contributed by atoms with Crippen molar-refractivity contribution in [3.05, 3.63) is 11.7 Å². The van der Waals surface area contributed by atoms with E-state index in [2.05, 4.69) is 41.1 Å². The van der Waals surface area contributed by atoms with Gasteiger partial charge in [-0.2, -0.15) is 4.98 Å². The van der Waals surface area contributed by atoms with Gasteiger partial charge in [0.25, 0.3) is 0 Å². The number of nitrogens with zero attached hydrogens (tertiary/aromatic N) is 3. The van der Waals surface area contributed by atoms with E-state index >= 15 is 0 Å². The average molecular weight is 289 g/mol. The molecule has 110 valence electrons. The minimum Gasteiger partial charge on any atom is -0.338 e. The van der Waals surface area contributed by atoms with Gasteiger partial charge in [0.2, 0.25) is 5.89 Å². The Balaban J connectivity index is 0.00000180. The molecule has 5 nitrogen and oxygen atoms in total. The predicted molar refractivity (Wildman–Crippen MR) is 77.7 cm³/mol. The summed E-state index contributed by atoms with van der Waals surface area (Å²) in [6, 6.07) is 0.787. The fourth-order valence-corrected chi connectivity index (χ4v) is 2.40. The molecule has 0 radical (unpaired) electrons. The highest BCUT2D eigenvalue weighted by atomic mass is 35.5. The molecule has 0 saturated carbocycles. The second-order valence-corrected chi connectivity index (χ2v) is 5.44. The van der Waals surface area contributed by atoms with Gasteiger partial charge >= 0.3 is 0 Å². The summed E-state index contributed by atoms with van der Waals surface area (Å²) in [6.07, 6.45) is 2.47. The van der Waals surface area contributed by atoms with Crippen LogP contribution < -0.4 is 5.32 Å². The fourth-order valence-electron chi connectivity index (χ4n) is 2.40. The van der Waals surface area contributed by atoms with Gasteiger partial charge in [-0.3, -0.25) is 4.90 Å². The van der Waals surface area contributed by atoms with Crippen molar-refractivity contribution >= 4 is 12.4 Å². The highest BCUT2D eigenvalue weighted by Gasteiger charge is 2.27. The van der Waals surface area contributed by atoms with Crippen LogP contribution in [0.15, 0.2) is 4.52 Å². The zero-order chi connectivity index (χ0) is 13.1. The highest BCUT2D eigenvalue weighted by molar-refractivity contribution is 5.85. The Labute approximate surface area is 121 Å². The van der Waals surface area contributed by atoms with Crippen molar-refractivity contribution in [1.82, 2.24) is 20.4 Å². The van der Waals surface area contributed by atoms with E-state index in [1.54, 1.807) is 0 Å². The van der Waals surface area contributed by atoms with Crippen LogP contribution in [0.4, 0.5) is 0 Å². The molecule has 2 heterocycles. The summed E-state index contributed by atoms with van der Waals surface area (Å²) >= 11 is 0. The van der Waals surface area contributed by atoms with Gasteiger partial charge in [0.15, 0.2) is 5.82 Å². The number of likely N-dealkylation sites (N-methyl/N-ethyl adjacent to an activating group) is 1. The smallest absolute Gasteiger partial charge is 0.243 e. The Hall–Kier alpha value is -0.650. The lowest BCUT2D eigenvalue weighted by molar-refractivity contribution is 0.126. The lowest BCUT2D eigenvalue weighted by atomic mass is 10.0. The van der Waals surface area contributed by atoms with E-state index in [1.807, 2.05) is 7.05 Å². The molecular weight excluding hydrogens is 264 g/mol. The van der Waals surface area contributed by atoms with Crippen LogP contribution in [0, 0.1) is 0 Å². The molecule has 1 aliphatic rings. The van der Waals surface area contributed by atoms with E-state index in [0.717, 1.165) is 24.8 Å². The van der Waals surface area contributed by atoms with E-state index < -0.39 is 0 Å². The predicted octanol–water partition coefficient (Wildman–Crippen LogP) is 2.36. The maximum Gasteiger partial charge on any atom is 0.243 e. The van der Waals surface area contributed by atoms with Crippen molar-refractivity contribution in [2.45, 2.75) is 51.6 Å². The van der Waals surface area contributed by atoms with Crippen LogP contribution in [0.2, 0.25) is 0 Å². The minimum atomic E-state index is 0. The molecule has 2 rings (SSSR count). The number of rotatable bonds is 4. The summed E-state index contributed by atoms with van der Waals surface area (Å²) in [7, 11) is 2.03. The van der Waals surface area contributed by atoms with Crippen LogP contribution in [0.3, 0.4) is 0 Å². The van der Waals surface area contributed by atoms with Crippen molar-refractivity contribution in [2.24, 2.45) is 0 Å². The molecule has 2 atom stereocenters. The van der Waals surface area contributed by atoms with Crippen LogP contribution in [-0.2, 0) is 0 Å². The second-order valence-electron chi connectivity index (χ2n) is 5.44. The molecule has 1 aromatic rings. The molecule has 6 heteroatoms. The third kappa shape index (κ3) is 3.91. The number of hydrogen-bond donors (Lipinski definition) is 1. The number of likely N-dealkylation sites (tertiary alicyclic amines) is 1. The maximum atomic E-state index is 5.39. The standard InChI is InChI=1S/C13H24N4O.ClH/c1-9(2)12-15-13(18-16-12)10(3)17-7-5-6-11(8-17)14-4;/h9-11,14H,5-8H2,1-4H3;1H. The molecule has 19 heavy (non-hydrogen) atoms. The lowest BCUT2D eigenvalue weighted by Crippen LogP contribution is -2.45. The summed E-state index contributed by atoms with van der Waals surface area (Å²) in [5, 5.41) is 7.40. The minimum absolute atomic E-state index is 0. The van der Waals surface area contributed by atoms with Crippen LogP contribution >= 0.6 is 12.4 Å². The van der Waals surface area contributed by atoms with Crippen LogP contribution in [0.5, 0.6) is 0 Å². The normalized spacial score (nSPS) is 22.3. The summed E-state index contributed by atoms with van der Waals surface area (Å²) in [6.45, 7) is 8.47. The Morgan fingerprint density at radius 3 is 2.68 bits per heavy atom. The van der Waals surface area contributed by atoms with Gasteiger partial charge in [-0.25, -0.2) is 0 Å². The zero-order valence-corrected chi connectivity index (χ0v) is 13.0. The molecule has 0 aromatic carbocycles.